The number of para-hydroxylation sites is 3. The van der Waals surface area contributed by atoms with Crippen molar-refractivity contribution in [2.75, 3.05) is 0 Å². The van der Waals surface area contributed by atoms with Crippen molar-refractivity contribution < 1.29 is 8.83 Å². The highest BCUT2D eigenvalue weighted by Gasteiger charge is 2.20. The molecule has 0 aliphatic heterocycles. The van der Waals surface area contributed by atoms with E-state index in [9.17, 15) is 0 Å². The van der Waals surface area contributed by atoms with E-state index in [0.717, 1.165) is 83.2 Å². The van der Waals surface area contributed by atoms with E-state index in [4.69, 9.17) is 18.8 Å². The first-order chi connectivity index (χ1) is 28.2. The first-order valence-electron chi connectivity index (χ1n) is 19.1. The quantitative estimate of drug-likeness (QED) is 0.177. The number of hydrogen-bond donors (Lipinski definition) is 0. The van der Waals surface area contributed by atoms with E-state index in [1.807, 2.05) is 48.5 Å². The topological polar surface area (TPSA) is 57.0 Å². The molecule has 4 heterocycles. The van der Waals surface area contributed by atoms with E-state index in [1.165, 1.54) is 27.4 Å². The molecule has 0 spiro atoms. The van der Waals surface area contributed by atoms with Gasteiger partial charge in [0, 0.05) is 54.7 Å². The Labute approximate surface area is 326 Å². The second-order valence-electron chi connectivity index (χ2n) is 14.5. The molecule has 5 nitrogen and oxygen atoms in total. The lowest BCUT2D eigenvalue weighted by molar-refractivity contribution is 0.668. The number of rotatable bonds is 5. The second-order valence-corrected chi connectivity index (χ2v) is 14.5. The second kappa shape index (κ2) is 12.4. The van der Waals surface area contributed by atoms with Crippen molar-refractivity contribution >= 4 is 65.7 Å². The maximum Gasteiger partial charge on any atom is 0.160 e. The Balaban J connectivity index is 1.07. The number of nitrogens with zero attached hydrogens (tertiary/aromatic N) is 3. The highest BCUT2D eigenvalue weighted by Crippen LogP contribution is 2.43. The Morgan fingerprint density at radius 1 is 0.351 bits per heavy atom. The first-order valence-corrected chi connectivity index (χ1v) is 19.1. The van der Waals surface area contributed by atoms with Crippen molar-refractivity contribution in [1.29, 1.82) is 0 Å². The van der Waals surface area contributed by atoms with Crippen LogP contribution in [0.5, 0.6) is 0 Å². The van der Waals surface area contributed by atoms with Crippen molar-refractivity contribution in [3.8, 4) is 50.7 Å². The summed E-state index contributed by atoms with van der Waals surface area (Å²) in [5.74, 6) is 0.626. The lowest BCUT2D eigenvalue weighted by Gasteiger charge is -2.11. The maximum atomic E-state index is 6.57. The Hall–Kier alpha value is -7.76. The fourth-order valence-corrected chi connectivity index (χ4v) is 8.66. The molecule has 0 N–H and O–H groups in total. The molecule has 0 aliphatic rings. The van der Waals surface area contributed by atoms with E-state index in [1.54, 1.807) is 0 Å². The lowest BCUT2D eigenvalue weighted by Crippen LogP contribution is -1.96. The van der Waals surface area contributed by atoms with Gasteiger partial charge in [-0.3, -0.25) is 0 Å². The molecule has 12 aromatic rings. The smallest absolute Gasteiger partial charge is 0.160 e. The van der Waals surface area contributed by atoms with Gasteiger partial charge in [0.15, 0.2) is 5.82 Å². The molecular weight excluding hydrogens is 699 g/mol. The predicted octanol–water partition coefficient (Wildman–Crippen LogP) is 14.0. The molecule has 0 unspecified atom stereocenters. The number of aromatic nitrogens is 3. The number of benzene rings is 8. The van der Waals surface area contributed by atoms with Gasteiger partial charge in [0.1, 0.15) is 22.3 Å². The van der Waals surface area contributed by atoms with Crippen LogP contribution in [0.4, 0.5) is 0 Å². The van der Waals surface area contributed by atoms with Crippen LogP contribution in [0, 0.1) is 0 Å². The third kappa shape index (κ3) is 4.96. The minimum absolute atomic E-state index is 0.626. The van der Waals surface area contributed by atoms with Gasteiger partial charge in [-0.05, 0) is 77.9 Å². The van der Waals surface area contributed by atoms with Crippen molar-refractivity contribution in [1.82, 2.24) is 14.5 Å². The molecule has 0 bridgehead atoms. The third-order valence-corrected chi connectivity index (χ3v) is 11.2. The molecule has 266 valence electrons. The number of furan rings is 2. The lowest BCUT2D eigenvalue weighted by atomic mass is 9.96. The van der Waals surface area contributed by atoms with E-state index in [-0.39, 0.29) is 0 Å². The van der Waals surface area contributed by atoms with Gasteiger partial charge in [0.2, 0.25) is 0 Å². The molecule has 57 heavy (non-hydrogen) atoms. The van der Waals surface area contributed by atoms with Gasteiger partial charge in [-0.25, -0.2) is 9.97 Å². The Morgan fingerprint density at radius 2 is 1.00 bits per heavy atom. The Bertz CT molecular complexity index is 3520. The van der Waals surface area contributed by atoms with Crippen molar-refractivity contribution in [3.05, 3.63) is 188 Å². The van der Waals surface area contributed by atoms with E-state index in [0.29, 0.717) is 5.82 Å². The predicted molar refractivity (Wildman–Crippen MR) is 233 cm³/mol. The summed E-state index contributed by atoms with van der Waals surface area (Å²) >= 11 is 0. The summed E-state index contributed by atoms with van der Waals surface area (Å²) in [5, 5.41) is 6.65. The van der Waals surface area contributed by atoms with Crippen molar-refractivity contribution in [3.63, 3.8) is 0 Å². The molecular formula is C52H31N3O2. The van der Waals surface area contributed by atoms with Crippen LogP contribution < -0.4 is 0 Å². The van der Waals surface area contributed by atoms with Gasteiger partial charge in [-0.2, -0.15) is 0 Å². The highest BCUT2D eigenvalue weighted by atomic mass is 16.3. The van der Waals surface area contributed by atoms with Crippen LogP contribution in [0.15, 0.2) is 197 Å². The summed E-state index contributed by atoms with van der Waals surface area (Å²) in [6.45, 7) is 0. The molecule has 0 aliphatic carbocycles. The molecule has 0 amide bonds. The summed E-state index contributed by atoms with van der Waals surface area (Å²) in [6, 6.07) is 65.5. The summed E-state index contributed by atoms with van der Waals surface area (Å²) in [4.78, 5) is 10.4. The Morgan fingerprint density at radius 3 is 1.89 bits per heavy atom. The van der Waals surface area contributed by atoms with Crippen molar-refractivity contribution in [2.45, 2.75) is 0 Å². The van der Waals surface area contributed by atoms with Gasteiger partial charge < -0.3 is 13.4 Å². The first kappa shape index (κ1) is 31.6. The van der Waals surface area contributed by atoms with Crippen LogP contribution in [-0.4, -0.2) is 14.5 Å². The highest BCUT2D eigenvalue weighted by molar-refractivity contribution is 6.18. The normalized spacial score (nSPS) is 11.9. The minimum Gasteiger partial charge on any atom is -0.456 e. The van der Waals surface area contributed by atoms with Gasteiger partial charge in [0.25, 0.3) is 0 Å². The van der Waals surface area contributed by atoms with E-state index >= 15 is 0 Å². The van der Waals surface area contributed by atoms with Gasteiger partial charge in [-0.15, -0.1) is 0 Å². The number of hydrogen-bond acceptors (Lipinski definition) is 4. The minimum atomic E-state index is 0.626. The Kier molecular flexibility index (Phi) is 6.86. The maximum absolute atomic E-state index is 6.57. The van der Waals surface area contributed by atoms with Crippen LogP contribution in [0.1, 0.15) is 0 Å². The average molecular weight is 730 g/mol. The zero-order valence-corrected chi connectivity index (χ0v) is 30.6. The van der Waals surface area contributed by atoms with E-state index in [2.05, 4.69) is 144 Å². The summed E-state index contributed by atoms with van der Waals surface area (Å²) < 4.78 is 15.2. The largest absolute Gasteiger partial charge is 0.456 e. The number of fused-ring (bicyclic) bond motifs is 9. The van der Waals surface area contributed by atoms with Gasteiger partial charge >= 0.3 is 0 Å². The zero-order valence-electron chi connectivity index (χ0n) is 30.6. The van der Waals surface area contributed by atoms with Crippen LogP contribution in [0.25, 0.3) is 116 Å². The molecule has 0 saturated heterocycles. The third-order valence-electron chi connectivity index (χ3n) is 11.2. The van der Waals surface area contributed by atoms with Crippen molar-refractivity contribution in [2.24, 2.45) is 0 Å². The standard InChI is InChI=1S/C52H31N3O2/c1-3-13-32(14-4-1)42-31-43(54-52(53-42)34-25-27-38-37-17-8-10-23-46(37)57-49(38)30-34)39-20-12-24-48-51(39)41-29-33(26-28-47(41)56-48)36-19-11-22-45-50(36)40-18-7-9-21-44(40)55(45)35-15-5-2-6-16-35/h1-31H. The fourth-order valence-electron chi connectivity index (χ4n) is 8.66. The monoisotopic (exact) mass is 729 g/mol. The molecule has 0 fully saturated rings. The van der Waals surface area contributed by atoms with Crippen LogP contribution >= 0.6 is 0 Å². The van der Waals surface area contributed by atoms with Gasteiger partial charge in [0.05, 0.1) is 22.4 Å². The van der Waals surface area contributed by atoms with E-state index < -0.39 is 0 Å². The fraction of sp³-hybridized carbons (Fsp3) is 0. The molecule has 8 aromatic carbocycles. The molecule has 4 aromatic heterocycles. The van der Waals surface area contributed by atoms with Gasteiger partial charge in [-0.1, -0.05) is 121 Å². The average Bonchev–Trinajstić information content (AvgIpc) is 3.96. The summed E-state index contributed by atoms with van der Waals surface area (Å²) in [5.41, 5.74) is 13.6. The zero-order chi connectivity index (χ0) is 37.5. The molecule has 0 saturated carbocycles. The molecule has 5 heteroatoms. The van der Waals surface area contributed by atoms with Crippen LogP contribution in [0.3, 0.4) is 0 Å². The molecule has 12 rings (SSSR count). The van der Waals surface area contributed by atoms with Crippen LogP contribution in [0.2, 0.25) is 0 Å². The molecule has 0 atom stereocenters. The summed E-state index contributed by atoms with van der Waals surface area (Å²) in [6.07, 6.45) is 0. The molecule has 0 radical (unpaired) electrons. The summed E-state index contributed by atoms with van der Waals surface area (Å²) in [7, 11) is 0. The SMILES string of the molecule is c1ccc(-c2cc(-c3cccc4oc5ccc(-c6cccc7c6c6ccccc6n7-c6ccccc6)cc5c34)nc(-c3ccc4c(c3)oc3ccccc34)n2)cc1. The van der Waals surface area contributed by atoms with Crippen LogP contribution in [-0.2, 0) is 0 Å².